The van der Waals surface area contributed by atoms with Gasteiger partial charge in [-0.2, -0.15) is 0 Å². The highest BCUT2D eigenvalue weighted by molar-refractivity contribution is 7.17. The van der Waals surface area contributed by atoms with Crippen molar-refractivity contribution in [3.05, 3.63) is 42.7 Å². The smallest absolute Gasteiger partial charge is 0.229 e. The van der Waals surface area contributed by atoms with E-state index in [4.69, 9.17) is 9.47 Å². The number of benzene rings is 1. The van der Waals surface area contributed by atoms with Crippen LogP contribution in [0.2, 0.25) is 0 Å². The fraction of sp³-hybridized carbons (Fsp3) is 0.409. The number of anilines is 2. The van der Waals surface area contributed by atoms with Crippen LogP contribution >= 0.6 is 11.3 Å². The monoisotopic (exact) mass is 441 g/mol. The number of nitrogens with zero attached hydrogens (tertiary/aromatic N) is 4. The van der Waals surface area contributed by atoms with E-state index in [9.17, 15) is 4.79 Å². The molecule has 1 aliphatic heterocycles. The molecule has 1 fully saturated rings. The van der Waals surface area contributed by atoms with Gasteiger partial charge in [-0.25, -0.2) is 0 Å². The molecule has 9 heteroatoms. The van der Waals surface area contributed by atoms with Crippen LogP contribution in [0.3, 0.4) is 0 Å². The Morgan fingerprint density at radius 1 is 1.16 bits per heavy atom. The van der Waals surface area contributed by atoms with Crippen LogP contribution in [0.25, 0.3) is 5.13 Å². The average molecular weight is 442 g/mol. The number of nitrogens with one attached hydrogen (secondary N) is 1. The SMILES string of the molecule is CCOc1ccc(OCC)c(NC(=O)C2CCCN(c3nnc(-n4cccc4)s3)C2)c1. The lowest BCUT2D eigenvalue weighted by atomic mass is 9.97. The molecule has 3 aromatic rings. The van der Waals surface area contributed by atoms with Crippen molar-refractivity contribution in [3.63, 3.8) is 0 Å². The first-order valence-electron chi connectivity index (χ1n) is 10.6. The summed E-state index contributed by atoms with van der Waals surface area (Å²) in [5, 5.41) is 13.4. The van der Waals surface area contributed by atoms with Gasteiger partial charge in [0.15, 0.2) is 0 Å². The highest BCUT2D eigenvalue weighted by atomic mass is 32.1. The Kier molecular flexibility index (Phi) is 6.71. The third-order valence-corrected chi connectivity index (χ3v) is 6.11. The van der Waals surface area contributed by atoms with E-state index in [1.807, 2.05) is 61.1 Å². The van der Waals surface area contributed by atoms with E-state index >= 15 is 0 Å². The standard InChI is InChI=1S/C22H27N5O3S/c1-3-29-17-9-10-19(30-4-2)18(14-17)23-20(28)16-8-7-13-27(15-16)22-25-24-21(31-22)26-11-5-6-12-26/h5-6,9-12,14,16H,3-4,7-8,13,15H2,1-2H3,(H,23,28). The van der Waals surface area contributed by atoms with Crippen LogP contribution in [0, 0.1) is 5.92 Å². The van der Waals surface area contributed by atoms with Crippen molar-refractivity contribution in [2.75, 3.05) is 36.5 Å². The Labute approximate surface area is 185 Å². The molecule has 3 heterocycles. The molecule has 2 aromatic heterocycles. The third kappa shape index (κ3) is 4.99. The van der Waals surface area contributed by atoms with Crippen LogP contribution in [0.1, 0.15) is 26.7 Å². The molecule has 164 valence electrons. The van der Waals surface area contributed by atoms with Crippen molar-refractivity contribution in [2.24, 2.45) is 5.92 Å². The number of hydrogen-bond acceptors (Lipinski definition) is 7. The summed E-state index contributed by atoms with van der Waals surface area (Å²) < 4.78 is 13.2. The van der Waals surface area contributed by atoms with Gasteiger partial charge < -0.3 is 19.7 Å². The predicted molar refractivity (Wildman–Crippen MR) is 122 cm³/mol. The van der Waals surface area contributed by atoms with Crippen LogP contribution in [0.15, 0.2) is 42.7 Å². The molecule has 1 aliphatic rings. The molecule has 0 aliphatic carbocycles. The van der Waals surface area contributed by atoms with Gasteiger partial charge in [0.25, 0.3) is 0 Å². The van der Waals surface area contributed by atoms with E-state index in [1.54, 1.807) is 0 Å². The van der Waals surface area contributed by atoms with Crippen LogP contribution in [0.4, 0.5) is 10.8 Å². The van der Waals surface area contributed by atoms with Gasteiger partial charge in [0.1, 0.15) is 11.5 Å². The van der Waals surface area contributed by atoms with Crippen LogP contribution < -0.4 is 19.7 Å². The molecular weight excluding hydrogens is 414 g/mol. The summed E-state index contributed by atoms with van der Waals surface area (Å²) in [6.07, 6.45) is 5.65. The number of hydrogen-bond donors (Lipinski definition) is 1. The highest BCUT2D eigenvalue weighted by Crippen LogP contribution is 2.32. The highest BCUT2D eigenvalue weighted by Gasteiger charge is 2.28. The first kappa shape index (κ1) is 21.2. The molecule has 0 saturated carbocycles. The summed E-state index contributed by atoms with van der Waals surface area (Å²) in [6, 6.07) is 9.42. The third-order valence-electron chi connectivity index (χ3n) is 5.11. The van der Waals surface area contributed by atoms with Gasteiger partial charge in [-0.1, -0.05) is 11.3 Å². The van der Waals surface area contributed by atoms with Gasteiger partial charge in [-0.05, 0) is 51.0 Å². The molecule has 1 aromatic carbocycles. The van der Waals surface area contributed by atoms with E-state index in [0.29, 0.717) is 36.9 Å². The van der Waals surface area contributed by atoms with Crippen molar-refractivity contribution in [3.8, 4) is 16.6 Å². The summed E-state index contributed by atoms with van der Waals surface area (Å²) >= 11 is 1.53. The average Bonchev–Trinajstić information content (AvgIpc) is 3.48. The quantitative estimate of drug-likeness (QED) is 0.569. The Balaban J connectivity index is 1.45. The molecule has 31 heavy (non-hydrogen) atoms. The molecule has 1 unspecified atom stereocenters. The molecule has 0 bridgehead atoms. The summed E-state index contributed by atoms with van der Waals surface area (Å²) in [6.45, 7) is 6.42. The van der Waals surface area contributed by atoms with Crippen molar-refractivity contribution in [2.45, 2.75) is 26.7 Å². The van der Waals surface area contributed by atoms with Crippen molar-refractivity contribution in [1.82, 2.24) is 14.8 Å². The molecule has 1 N–H and O–H groups in total. The van der Waals surface area contributed by atoms with Crippen LogP contribution in [-0.2, 0) is 4.79 Å². The van der Waals surface area contributed by atoms with Gasteiger partial charge >= 0.3 is 0 Å². The molecular formula is C22H27N5O3S. The van der Waals surface area contributed by atoms with Gasteiger partial charge in [-0.15, -0.1) is 10.2 Å². The second-order valence-electron chi connectivity index (χ2n) is 7.26. The molecule has 0 spiro atoms. The first-order chi connectivity index (χ1) is 15.2. The number of carbonyl (C=O) groups is 1. The summed E-state index contributed by atoms with van der Waals surface area (Å²) in [7, 11) is 0. The van der Waals surface area contributed by atoms with E-state index in [-0.39, 0.29) is 11.8 Å². The lowest BCUT2D eigenvalue weighted by molar-refractivity contribution is -0.120. The lowest BCUT2D eigenvalue weighted by Gasteiger charge is -2.31. The number of ether oxygens (including phenoxy) is 2. The second-order valence-corrected chi connectivity index (χ2v) is 8.19. The predicted octanol–water partition coefficient (Wildman–Crippen LogP) is 3.98. The molecule has 1 amide bonds. The summed E-state index contributed by atoms with van der Waals surface area (Å²) in [4.78, 5) is 15.2. The van der Waals surface area contributed by atoms with Gasteiger partial charge in [-0.3, -0.25) is 9.36 Å². The maximum Gasteiger partial charge on any atom is 0.229 e. The molecule has 8 nitrogen and oxygen atoms in total. The minimum atomic E-state index is -0.141. The summed E-state index contributed by atoms with van der Waals surface area (Å²) in [5.74, 6) is 1.19. The Hall–Kier alpha value is -3.07. The van der Waals surface area contributed by atoms with Crippen LogP contribution in [-0.4, -0.2) is 47.0 Å². The van der Waals surface area contributed by atoms with Gasteiger partial charge in [0.05, 0.1) is 24.8 Å². The van der Waals surface area contributed by atoms with E-state index in [0.717, 1.165) is 29.6 Å². The lowest BCUT2D eigenvalue weighted by Crippen LogP contribution is -2.40. The Morgan fingerprint density at radius 2 is 1.94 bits per heavy atom. The van der Waals surface area contributed by atoms with E-state index in [1.165, 1.54) is 11.3 Å². The zero-order valence-electron chi connectivity index (χ0n) is 17.8. The molecule has 1 saturated heterocycles. The van der Waals surface area contributed by atoms with Crippen molar-refractivity contribution in [1.29, 1.82) is 0 Å². The largest absolute Gasteiger partial charge is 0.494 e. The molecule has 1 atom stereocenters. The first-order valence-corrected chi connectivity index (χ1v) is 11.4. The number of amides is 1. The van der Waals surface area contributed by atoms with Crippen molar-refractivity contribution < 1.29 is 14.3 Å². The van der Waals surface area contributed by atoms with Crippen LogP contribution in [0.5, 0.6) is 11.5 Å². The van der Waals surface area contributed by atoms with E-state index in [2.05, 4.69) is 20.4 Å². The van der Waals surface area contributed by atoms with Crippen molar-refractivity contribution >= 4 is 28.1 Å². The number of aromatic nitrogens is 3. The fourth-order valence-electron chi connectivity index (χ4n) is 3.65. The van der Waals surface area contributed by atoms with Gasteiger partial charge in [0.2, 0.25) is 16.2 Å². The molecule has 4 rings (SSSR count). The zero-order chi connectivity index (χ0) is 21.6. The normalized spacial score (nSPS) is 16.2. The minimum absolute atomic E-state index is 0.0190. The number of carbonyl (C=O) groups excluding carboxylic acids is 1. The Bertz CT molecular complexity index is 1000. The summed E-state index contributed by atoms with van der Waals surface area (Å²) in [5.41, 5.74) is 0.640. The topological polar surface area (TPSA) is 81.5 Å². The number of rotatable bonds is 8. The fourth-order valence-corrected chi connectivity index (χ4v) is 4.50. The maximum atomic E-state index is 13.1. The van der Waals surface area contributed by atoms with Gasteiger partial charge in [0, 0.05) is 31.5 Å². The number of piperidine rings is 1. The Morgan fingerprint density at radius 3 is 2.71 bits per heavy atom. The molecule has 0 radical (unpaired) electrons. The second kappa shape index (κ2) is 9.82. The minimum Gasteiger partial charge on any atom is -0.494 e. The van der Waals surface area contributed by atoms with E-state index < -0.39 is 0 Å². The zero-order valence-corrected chi connectivity index (χ0v) is 18.6. The maximum absolute atomic E-state index is 13.1.